The summed E-state index contributed by atoms with van der Waals surface area (Å²) in [6.45, 7) is 2.10. The van der Waals surface area contributed by atoms with Gasteiger partial charge in [-0.2, -0.15) is 0 Å². The highest BCUT2D eigenvalue weighted by Gasteiger charge is 2.47. The lowest BCUT2D eigenvalue weighted by atomic mass is 9.89. The second kappa shape index (κ2) is 2.86. The van der Waals surface area contributed by atoms with Gasteiger partial charge in [-0.05, 0) is 37.5 Å². The molecule has 0 bridgehead atoms. The molecule has 1 saturated carbocycles. The van der Waals surface area contributed by atoms with Crippen LogP contribution in [0.1, 0.15) is 25.3 Å². The minimum Gasteiger partial charge on any atom is -0.464 e. The van der Waals surface area contributed by atoms with Gasteiger partial charge >= 0.3 is 0 Å². The third-order valence-corrected chi connectivity index (χ3v) is 3.69. The van der Waals surface area contributed by atoms with Gasteiger partial charge in [0, 0.05) is 16.8 Å². The zero-order chi connectivity index (χ0) is 10.5. The number of furan rings is 1. The topological polar surface area (TPSA) is 39.2 Å². The van der Waals surface area contributed by atoms with Gasteiger partial charge in [0.2, 0.25) is 0 Å². The minimum absolute atomic E-state index is 0.223. The first-order chi connectivity index (χ1) is 7.22. The molecule has 1 fully saturated rings. The van der Waals surface area contributed by atoms with Gasteiger partial charge in [0.15, 0.2) is 0 Å². The normalized spacial score (nSPS) is 20.4. The first kappa shape index (κ1) is 8.98. The summed E-state index contributed by atoms with van der Waals surface area (Å²) in [5, 5.41) is 1.17. The van der Waals surface area contributed by atoms with Crippen molar-refractivity contribution in [3.63, 3.8) is 0 Å². The molecular formula is C13H15NO. The summed E-state index contributed by atoms with van der Waals surface area (Å²) in [5.41, 5.74) is 8.58. The summed E-state index contributed by atoms with van der Waals surface area (Å²) in [6.07, 6.45) is 4.15. The lowest BCUT2D eigenvalue weighted by Gasteiger charge is -2.19. The van der Waals surface area contributed by atoms with E-state index >= 15 is 0 Å². The molecular weight excluding hydrogens is 186 g/mol. The third-order valence-electron chi connectivity index (χ3n) is 3.69. The molecule has 1 aromatic heterocycles. The molecule has 2 N–H and O–H groups in total. The van der Waals surface area contributed by atoms with Crippen molar-refractivity contribution in [2.45, 2.75) is 31.2 Å². The van der Waals surface area contributed by atoms with Crippen LogP contribution < -0.4 is 5.73 Å². The second-order valence-electron chi connectivity index (χ2n) is 4.62. The quantitative estimate of drug-likeness (QED) is 0.811. The van der Waals surface area contributed by atoms with Gasteiger partial charge < -0.3 is 10.2 Å². The maximum atomic E-state index is 6.05. The zero-order valence-electron chi connectivity index (χ0n) is 8.86. The number of benzene rings is 1. The van der Waals surface area contributed by atoms with Gasteiger partial charge in [0.05, 0.1) is 6.26 Å². The third kappa shape index (κ3) is 1.21. The Kier molecular flexibility index (Phi) is 1.71. The van der Waals surface area contributed by atoms with Gasteiger partial charge in [0.25, 0.3) is 0 Å². The van der Waals surface area contributed by atoms with Crippen LogP contribution in [0.5, 0.6) is 0 Å². The molecule has 1 atom stereocenters. The number of fused-ring (bicyclic) bond motifs is 1. The summed E-state index contributed by atoms with van der Waals surface area (Å²) in [4.78, 5) is 0. The van der Waals surface area contributed by atoms with E-state index in [1.54, 1.807) is 6.26 Å². The first-order valence-electron chi connectivity index (χ1n) is 5.46. The Hall–Kier alpha value is -1.28. The Balaban J connectivity index is 2.11. The van der Waals surface area contributed by atoms with Crippen molar-refractivity contribution in [1.82, 2.24) is 0 Å². The summed E-state index contributed by atoms with van der Waals surface area (Å²) in [5.74, 6) is 0. The van der Waals surface area contributed by atoms with E-state index in [4.69, 9.17) is 10.2 Å². The average Bonchev–Trinajstić information content (AvgIpc) is 2.91. The van der Waals surface area contributed by atoms with E-state index in [1.807, 2.05) is 6.07 Å². The Labute approximate surface area is 89.1 Å². The average molecular weight is 201 g/mol. The van der Waals surface area contributed by atoms with E-state index in [-0.39, 0.29) is 11.5 Å². The van der Waals surface area contributed by atoms with Crippen LogP contribution in [0.3, 0.4) is 0 Å². The van der Waals surface area contributed by atoms with Gasteiger partial charge in [0.1, 0.15) is 5.58 Å². The van der Waals surface area contributed by atoms with Crippen molar-refractivity contribution in [2.24, 2.45) is 5.73 Å². The number of hydrogen-bond acceptors (Lipinski definition) is 2. The van der Waals surface area contributed by atoms with Gasteiger partial charge in [-0.1, -0.05) is 12.1 Å². The predicted molar refractivity (Wildman–Crippen MR) is 60.8 cm³/mol. The largest absolute Gasteiger partial charge is 0.464 e. The number of nitrogens with two attached hydrogens (primary N) is 1. The molecule has 15 heavy (non-hydrogen) atoms. The molecule has 0 amide bonds. The van der Waals surface area contributed by atoms with Crippen LogP contribution in [0.25, 0.3) is 11.0 Å². The molecule has 0 radical (unpaired) electrons. The molecule has 3 rings (SSSR count). The Morgan fingerprint density at radius 1 is 1.33 bits per heavy atom. The standard InChI is InChI=1S/C13H15NO/c1-9(14)13(5-6-13)11-3-2-10-4-7-15-12(10)8-11/h2-4,7-9H,5-6,14H2,1H3. The van der Waals surface area contributed by atoms with Crippen molar-refractivity contribution in [1.29, 1.82) is 0 Å². The molecule has 1 aliphatic carbocycles. The van der Waals surface area contributed by atoms with Crippen molar-refractivity contribution in [2.75, 3.05) is 0 Å². The number of hydrogen-bond donors (Lipinski definition) is 1. The van der Waals surface area contributed by atoms with Crippen LogP contribution in [-0.4, -0.2) is 6.04 Å². The second-order valence-corrected chi connectivity index (χ2v) is 4.62. The maximum Gasteiger partial charge on any atom is 0.134 e. The highest BCUT2D eigenvalue weighted by Crippen LogP contribution is 2.50. The lowest BCUT2D eigenvalue weighted by molar-refractivity contribution is 0.554. The van der Waals surface area contributed by atoms with Crippen LogP contribution in [0.2, 0.25) is 0 Å². The van der Waals surface area contributed by atoms with Crippen LogP contribution in [0.15, 0.2) is 34.9 Å². The van der Waals surface area contributed by atoms with E-state index in [9.17, 15) is 0 Å². The molecule has 2 aromatic rings. The van der Waals surface area contributed by atoms with Crippen molar-refractivity contribution < 1.29 is 4.42 Å². The molecule has 1 aliphatic rings. The fourth-order valence-corrected chi connectivity index (χ4v) is 2.41. The number of rotatable bonds is 2. The van der Waals surface area contributed by atoms with Crippen molar-refractivity contribution in [3.05, 3.63) is 36.1 Å². The maximum absolute atomic E-state index is 6.05. The highest BCUT2D eigenvalue weighted by molar-refractivity contribution is 5.78. The minimum atomic E-state index is 0.223. The van der Waals surface area contributed by atoms with E-state index in [1.165, 1.54) is 23.8 Å². The Morgan fingerprint density at radius 3 is 2.80 bits per heavy atom. The molecule has 1 unspecified atom stereocenters. The van der Waals surface area contributed by atoms with Crippen LogP contribution in [0.4, 0.5) is 0 Å². The smallest absolute Gasteiger partial charge is 0.134 e. The van der Waals surface area contributed by atoms with Gasteiger partial charge in [-0.15, -0.1) is 0 Å². The molecule has 0 spiro atoms. The summed E-state index contributed by atoms with van der Waals surface area (Å²) >= 11 is 0. The molecule has 0 aliphatic heterocycles. The van der Waals surface area contributed by atoms with Gasteiger partial charge in [-0.25, -0.2) is 0 Å². The van der Waals surface area contributed by atoms with Gasteiger partial charge in [-0.3, -0.25) is 0 Å². The van der Waals surface area contributed by atoms with E-state index in [0.717, 1.165) is 5.58 Å². The fourth-order valence-electron chi connectivity index (χ4n) is 2.41. The summed E-state index contributed by atoms with van der Waals surface area (Å²) < 4.78 is 5.42. The first-order valence-corrected chi connectivity index (χ1v) is 5.46. The highest BCUT2D eigenvalue weighted by atomic mass is 16.3. The molecule has 2 nitrogen and oxygen atoms in total. The molecule has 2 heteroatoms. The van der Waals surface area contributed by atoms with E-state index in [0.29, 0.717) is 0 Å². The van der Waals surface area contributed by atoms with Crippen LogP contribution >= 0.6 is 0 Å². The lowest BCUT2D eigenvalue weighted by Crippen LogP contribution is -2.31. The van der Waals surface area contributed by atoms with E-state index in [2.05, 4.69) is 25.1 Å². The monoisotopic (exact) mass is 201 g/mol. The van der Waals surface area contributed by atoms with Crippen molar-refractivity contribution >= 4 is 11.0 Å². The SMILES string of the molecule is CC(N)C1(c2ccc3ccoc3c2)CC1. The summed E-state index contributed by atoms with van der Waals surface area (Å²) in [7, 11) is 0. The molecule has 0 saturated heterocycles. The van der Waals surface area contributed by atoms with Crippen molar-refractivity contribution in [3.8, 4) is 0 Å². The summed E-state index contributed by atoms with van der Waals surface area (Å²) in [6, 6.07) is 8.67. The Bertz CT molecular complexity index is 494. The molecule has 78 valence electrons. The zero-order valence-corrected chi connectivity index (χ0v) is 8.86. The predicted octanol–water partition coefficient (Wildman–Crippen LogP) is 2.81. The van der Waals surface area contributed by atoms with Crippen LogP contribution in [-0.2, 0) is 5.41 Å². The van der Waals surface area contributed by atoms with E-state index < -0.39 is 0 Å². The Morgan fingerprint density at radius 2 is 2.13 bits per heavy atom. The fraction of sp³-hybridized carbons (Fsp3) is 0.385. The van der Waals surface area contributed by atoms with Crippen LogP contribution in [0, 0.1) is 0 Å². The molecule has 1 heterocycles. The molecule has 1 aromatic carbocycles.